The number of hydrogen-bond donors (Lipinski definition) is 2. The van der Waals surface area contributed by atoms with E-state index in [1.165, 1.54) is 12.1 Å². The Kier molecular flexibility index (Phi) is 6.96. The van der Waals surface area contributed by atoms with Crippen LogP contribution in [0.5, 0.6) is 5.75 Å². The highest BCUT2D eigenvalue weighted by molar-refractivity contribution is 5.94. The molecule has 2 N–H and O–H groups in total. The Morgan fingerprint density at radius 2 is 1.91 bits per heavy atom. The van der Waals surface area contributed by atoms with E-state index in [0.717, 1.165) is 25.9 Å². The van der Waals surface area contributed by atoms with Crippen LogP contribution in [0.15, 0.2) is 24.3 Å². The van der Waals surface area contributed by atoms with Gasteiger partial charge in [-0.25, -0.2) is 0 Å². The number of amides is 1. The standard InChI is InChI=1S/C14H17F3N2O2.ClH/c15-14(16,17)9-21-12-4-2-1-3-11(12)19-13(20)10-5-7-18-8-6-10;/h1-4,10,18H,5-9H2,(H,19,20);1H. The Balaban J connectivity index is 0.00000242. The van der Waals surface area contributed by atoms with E-state index in [9.17, 15) is 18.0 Å². The average molecular weight is 339 g/mol. The minimum absolute atomic E-state index is 0. The van der Waals surface area contributed by atoms with Gasteiger partial charge >= 0.3 is 6.18 Å². The van der Waals surface area contributed by atoms with Crippen molar-refractivity contribution < 1.29 is 22.7 Å². The van der Waals surface area contributed by atoms with Gasteiger partial charge in [0, 0.05) is 5.92 Å². The van der Waals surface area contributed by atoms with Gasteiger partial charge in [-0.2, -0.15) is 13.2 Å². The average Bonchev–Trinajstić information content (AvgIpc) is 2.46. The van der Waals surface area contributed by atoms with Crippen molar-refractivity contribution in [1.82, 2.24) is 5.32 Å². The van der Waals surface area contributed by atoms with Crippen LogP contribution in [0.3, 0.4) is 0 Å². The molecule has 124 valence electrons. The van der Waals surface area contributed by atoms with E-state index in [4.69, 9.17) is 4.74 Å². The van der Waals surface area contributed by atoms with Crippen LogP contribution in [0.25, 0.3) is 0 Å². The third-order valence-corrected chi connectivity index (χ3v) is 3.25. The molecule has 2 rings (SSSR count). The molecule has 8 heteroatoms. The van der Waals surface area contributed by atoms with Crippen LogP contribution in [0.2, 0.25) is 0 Å². The van der Waals surface area contributed by atoms with Crippen LogP contribution in [-0.2, 0) is 4.79 Å². The summed E-state index contributed by atoms with van der Waals surface area (Å²) < 4.78 is 41.4. The first-order valence-electron chi connectivity index (χ1n) is 6.76. The molecule has 1 aliphatic heterocycles. The number of piperidine rings is 1. The van der Waals surface area contributed by atoms with Gasteiger partial charge in [0.15, 0.2) is 6.61 Å². The van der Waals surface area contributed by atoms with E-state index in [1.807, 2.05) is 0 Å². The molecule has 0 aromatic heterocycles. The predicted molar refractivity (Wildman–Crippen MR) is 79.5 cm³/mol. The molecule has 1 saturated heterocycles. The van der Waals surface area contributed by atoms with Crippen molar-refractivity contribution in [2.75, 3.05) is 25.0 Å². The summed E-state index contributed by atoms with van der Waals surface area (Å²) in [6, 6.07) is 6.14. The van der Waals surface area contributed by atoms with Gasteiger partial charge in [0.25, 0.3) is 0 Å². The number of anilines is 1. The first kappa shape index (κ1) is 18.6. The molecule has 22 heavy (non-hydrogen) atoms. The van der Waals surface area contributed by atoms with Crippen LogP contribution in [0.4, 0.5) is 18.9 Å². The molecule has 1 aromatic rings. The molecule has 0 atom stereocenters. The van der Waals surface area contributed by atoms with E-state index in [-0.39, 0.29) is 35.7 Å². The van der Waals surface area contributed by atoms with Gasteiger partial charge in [-0.3, -0.25) is 4.79 Å². The molecule has 1 amide bonds. The number of carbonyl (C=O) groups excluding carboxylic acids is 1. The zero-order chi connectivity index (χ0) is 15.3. The largest absolute Gasteiger partial charge is 0.482 e. The second-order valence-corrected chi connectivity index (χ2v) is 4.91. The highest BCUT2D eigenvalue weighted by atomic mass is 35.5. The minimum Gasteiger partial charge on any atom is -0.482 e. The molecule has 0 aliphatic carbocycles. The molecule has 1 aliphatic rings. The topological polar surface area (TPSA) is 50.4 Å². The van der Waals surface area contributed by atoms with Crippen LogP contribution in [0.1, 0.15) is 12.8 Å². The fourth-order valence-electron chi connectivity index (χ4n) is 2.17. The molecule has 0 bridgehead atoms. The maximum absolute atomic E-state index is 12.2. The number of carbonyl (C=O) groups is 1. The lowest BCUT2D eigenvalue weighted by Gasteiger charge is -2.22. The number of halogens is 4. The Bertz CT molecular complexity index is 491. The maximum Gasteiger partial charge on any atom is 0.422 e. The molecule has 1 fully saturated rings. The molecule has 4 nitrogen and oxygen atoms in total. The summed E-state index contributed by atoms with van der Waals surface area (Å²) in [7, 11) is 0. The lowest BCUT2D eigenvalue weighted by molar-refractivity contribution is -0.153. The first-order chi connectivity index (χ1) is 9.96. The maximum atomic E-state index is 12.2. The number of para-hydroxylation sites is 2. The summed E-state index contributed by atoms with van der Waals surface area (Å²) in [4.78, 5) is 12.1. The van der Waals surface area contributed by atoms with Gasteiger partial charge in [0.1, 0.15) is 5.75 Å². The summed E-state index contributed by atoms with van der Waals surface area (Å²) in [5, 5.41) is 5.81. The van der Waals surface area contributed by atoms with Gasteiger partial charge in [0.05, 0.1) is 5.69 Å². The Morgan fingerprint density at radius 3 is 2.55 bits per heavy atom. The van der Waals surface area contributed by atoms with E-state index in [0.29, 0.717) is 0 Å². The van der Waals surface area contributed by atoms with Gasteiger partial charge in [0.2, 0.25) is 5.91 Å². The van der Waals surface area contributed by atoms with E-state index < -0.39 is 12.8 Å². The molecule has 0 spiro atoms. The monoisotopic (exact) mass is 338 g/mol. The number of benzene rings is 1. The van der Waals surface area contributed by atoms with Crippen molar-refractivity contribution in [2.45, 2.75) is 19.0 Å². The highest BCUT2D eigenvalue weighted by Gasteiger charge is 2.29. The first-order valence-corrected chi connectivity index (χ1v) is 6.76. The zero-order valence-corrected chi connectivity index (χ0v) is 12.6. The zero-order valence-electron chi connectivity index (χ0n) is 11.8. The third-order valence-electron chi connectivity index (χ3n) is 3.25. The van der Waals surface area contributed by atoms with Crippen molar-refractivity contribution in [2.24, 2.45) is 5.92 Å². The van der Waals surface area contributed by atoms with E-state index in [1.54, 1.807) is 12.1 Å². The van der Waals surface area contributed by atoms with Gasteiger partial charge in [-0.1, -0.05) is 12.1 Å². The Labute approximate surface area is 132 Å². The number of rotatable bonds is 4. The second-order valence-electron chi connectivity index (χ2n) is 4.91. The number of alkyl halides is 3. The van der Waals surface area contributed by atoms with Crippen molar-refractivity contribution in [3.63, 3.8) is 0 Å². The van der Waals surface area contributed by atoms with Gasteiger partial charge < -0.3 is 15.4 Å². The summed E-state index contributed by atoms with van der Waals surface area (Å²) in [5.74, 6) is -0.279. The number of nitrogens with one attached hydrogen (secondary N) is 2. The summed E-state index contributed by atoms with van der Waals surface area (Å²) in [6.07, 6.45) is -2.97. The van der Waals surface area contributed by atoms with E-state index in [2.05, 4.69) is 10.6 Å². The fourth-order valence-corrected chi connectivity index (χ4v) is 2.17. The summed E-state index contributed by atoms with van der Waals surface area (Å²) >= 11 is 0. The van der Waals surface area contributed by atoms with Crippen molar-refractivity contribution in [3.8, 4) is 5.75 Å². The van der Waals surface area contributed by atoms with Crippen LogP contribution >= 0.6 is 12.4 Å². The molecule has 1 aromatic carbocycles. The quantitative estimate of drug-likeness (QED) is 0.887. The second kappa shape index (κ2) is 8.24. The fraction of sp³-hybridized carbons (Fsp3) is 0.500. The molecular formula is C14H18ClF3N2O2. The SMILES string of the molecule is Cl.O=C(Nc1ccccc1OCC(F)(F)F)C1CCNCC1. The van der Waals surface area contributed by atoms with Gasteiger partial charge in [-0.15, -0.1) is 12.4 Å². The van der Waals surface area contributed by atoms with Crippen LogP contribution in [-0.4, -0.2) is 31.8 Å². The summed E-state index contributed by atoms with van der Waals surface area (Å²) in [5.41, 5.74) is 0.269. The lowest BCUT2D eigenvalue weighted by Crippen LogP contribution is -2.34. The van der Waals surface area contributed by atoms with E-state index >= 15 is 0 Å². The number of hydrogen-bond acceptors (Lipinski definition) is 3. The molecule has 0 unspecified atom stereocenters. The third kappa shape index (κ3) is 5.73. The van der Waals surface area contributed by atoms with Crippen molar-refractivity contribution in [1.29, 1.82) is 0 Å². The lowest BCUT2D eigenvalue weighted by atomic mass is 9.97. The normalized spacial score (nSPS) is 15.8. The molecule has 0 saturated carbocycles. The van der Waals surface area contributed by atoms with Crippen LogP contribution < -0.4 is 15.4 Å². The Morgan fingerprint density at radius 1 is 1.27 bits per heavy atom. The summed E-state index contributed by atoms with van der Waals surface area (Å²) in [6.45, 7) is 0.155. The predicted octanol–water partition coefficient (Wildman–Crippen LogP) is 2.99. The molecule has 0 radical (unpaired) electrons. The minimum atomic E-state index is -4.41. The van der Waals surface area contributed by atoms with Crippen LogP contribution in [0, 0.1) is 5.92 Å². The van der Waals surface area contributed by atoms with Crippen molar-refractivity contribution >= 4 is 24.0 Å². The Hall–Kier alpha value is -1.47. The molecule has 1 heterocycles. The van der Waals surface area contributed by atoms with Crippen molar-refractivity contribution in [3.05, 3.63) is 24.3 Å². The van der Waals surface area contributed by atoms with Gasteiger partial charge in [-0.05, 0) is 38.1 Å². The highest BCUT2D eigenvalue weighted by Crippen LogP contribution is 2.27. The number of ether oxygens (including phenoxy) is 1. The smallest absolute Gasteiger partial charge is 0.422 e. The molecular weight excluding hydrogens is 321 g/mol.